The van der Waals surface area contributed by atoms with E-state index >= 15 is 0 Å². The zero-order chi connectivity index (χ0) is 17.5. The van der Waals surface area contributed by atoms with Crippen LogP contribution in [-0.2, 0) is 24.9 Å². The molecule has 0 bridgehead atoms. The largest absolute Gasteiger partial charge is 0.337 e. The highest BCUT2D eigenvalue weighted by Crippen LogP contribution is 2.06. The SMILES string of the molecule is Cl.Cn1c(=O)ccn(CC(=O)N(CCCN)Cc2ccccc2)c1=O. The van der Waals surface area contributed by atoms with Crippen molar-refractivity contribution in [2.45, 2.75) is 19.5 Å². The Balaban J connectivity index is 0.00000312. The first kappa shape index (κ1) is 20.7. The van der Waals surface area contributed by atoms with Crippen molar-refractivity contribution < 1.29 is 4.79 Å². The Morgan fingerprint density at radius 3 is 2.48 bits per heavy atom. The molecule has 7 nitrogen and oxygen atoms in total. The molecule has 0 fully saturated rings. The lowest BCUT2D eigenvalue weighted by atomic mass is 10.2. The zero-order valence-electron chi connectivity index (χ0n) is 14.1. The second-order valence-corrected chi connectivity index (χ2v) is 5.57. The molecule has 0 atom stereocenters. The minimum absolute atomic E-state index is 0. The van der Waals surface area contributed by atoms with Gasteiger partial charge in [-0.05, 0) is 18.5 Å². The van der Waals surface area contributed by atoms with Crippen molar-refractivity contribution >= 4 is 18.3 Å². The summed E-state index contributed by atoms with van der Waals surface area (Å²) in [6.45, 7) is 1.35. The van der Waals surface area contributed by atoms with E-state index in [1.165, 1.54) is 23.9 Å². The van der Waals surface area contributed by atoms with Gasteiger partial charge in [0, 0.05) is 32.4 Å². The summed E-state index contributed by atoms with van der Waals surface area (Å²) in [6.07, 6.45) is 2.03. The lowest BCUT2D eigenvalue weighted by molar-refractivity contribution is -0.132. The molecule has 136 valence electrons. The molecule has 8 heteroatoms. The first-order valence-electron chi connectivity index (χ1n) is 7.81. The Labute approximate surface area is 152 Å². The van der Waals surface area contributed by atoms with Crippen LogP contribution in [0, 0.1) is 0 Å². The van der Waals surface area contributed by atoms with E-state index in [9.17, 15) is 14.4 Å². The molecule has 0 saturated heterocycles. The molecule has 0 aliphatic rings. The molecule has 2 rings (SSSR count). The summed E-state index contributed by atoms with van der Waals surface area (Å²) in [4.78, 5) is 37.8. The highest BCUT2D eigenvalue weighted by molar-refractivity contribution is 5.85. The number of benzene rings is 1. The molecule has 25 heavy (non-hydrogen) atoms. The van der Waals surface area contributed by atoms with E-state index in [4.69, 9.17) is 5.73 Å². The van der Waals surface area contributed by atoms with Gasteiger partial charge < -0.3 is 10.6 Å². The van der Waals surface area contributed by atoms with Crippen LogP contribution in [0.4, 0.5) is 0 Å². The maximum atomic E-state index is 12.6. The number of amides is 1. The van der Waals surface area contributed by atoms with Crippen molar-refractivity contribution in [3.8, 4) is 0 Å². The van der Waals surface area contributed by atoms with Crippen molar-refractivity contribution in [1.29, 1.82) is 0 Å². The summed E-state index contributed by atoms with van der Waals surface area (Å²) in [7, 11) is 1.39. The van der Waals surface area contributed by atoms with Crippen LogP contribution in [0.25, 0.3) is 0 Å². The first-order valence-corrected chi connectivity index (χ1v) is 7.81. The highest BCUT2D eigenvalue weighted by atomic mass is 35.5. The Morgan fingerprint density at radius 1 is 1.16 bits per heavy atom. The minimum Gasteiger partial charge on any atom is -0.337 e. The summed E-state index contributed by atoms with van der Waals surface area (Å²) in [5.41, 5.74) is 5.66. The van der Waals surface area contributed by atoms with E-state index in [0.29, 0.717) is 26.1 Å². The van der Waals surface area contributed by atoms with Gasteiger partial charge in [0.25, 0.3) is 5.56 Å². The van der Waals surface area contributed by atoms with Gasteiger partial charge in [-0.2, -0.15) is 0 Å². The molecule has 0 unspecified atom stereocenters. The topological polar surface area (TPSA) is 90.3 Å². The second kappa shape index (κ2) is 9.80. The molecule has 0 spiro atoms. The normalized spacial score (nSPS) is 10.2. The quantitative estimate of drug-likeness (QED) is 0.765. The fourth-order valence-electron chi connectivity index (χ4n) is 2.36. The Bertz CT molecular complexity index is 802. The van der Waals surface area contributed by atoms with Crippen LogP contribution in [0.15, 0.2) is 52.2 Å². The number of aromatic nitrogens is 2. The van der Waals surface area contributed by atoms with Gasteiger partial charge in [0.15, 0.2) is 0 Å². The summed E-state index contributed by atoms with van der Waals surface area (Å²) < 4.78 is 2.22. The molecule has 0 radical (unpaired) electrons. The van der Waals surface area contributed by atoms with Crippen molar-refractivity contribution in [3.63, 3.8) is 0 Å². The van der Waals surface area contributed by atoms with Gasteiger partial charge in [0.05, 0.1) is 0 Å². The summed E-state index contributed by atoms with van der Waals surface area (Å²) >= 11 is 0. The lowest BCUT2D eigenvalue weighted by Gasteiger charge is -2.23. The van der Waals surface area contributed by atoms with Crippen LogP contribution in [0.2, 0.25) is 0 Å². The Kier molecular flexibility index (Phi) is 8.10. The fraction of sp³-hybridized carbons (Fsp3) is 0.353. The molecular formula is C17H23ClN4O3. The summed E-state index contributed by atoms with van der Waals surface area (Å²) in [6, 6.07) is 10.9. The van der Waals surface area contributed by atoms with Crippen molar-refractivity contribution in [2.24, 2.45) is 12.8 Å². The number of hydrogen-bond acceptors (Lipinski definition) is 4. The van der Waals surface area contributed by atoms with Gasteiger partial charge in [-0.1, -0.05) is 30.3 Å². The number of hydrogen-bond donors (Lipinski definition) is 1. The van der Waals surface area contributed by atoms with Crippen molar-refractivity contribution in [1.82, 2.24) is 14.0 Å². The van der Waals surface area contributed by atoms with Gasteiger partial charge in [0.1, 0.15) is 6.54 Å². The van der Waals surface area contributed by atoms with Crippen molar-refractivity contribution in [2.75, 3.05) is 13.1 Å². The average Bonchev–Trinajstić information content (AvgIpc) is 2.60. The molecule has 1 amide bonds. The maximum Gasteiger partial charge on any atom is 0.331 e. The number of nitrogens with two attached hydrogens (primary N) is 1. The van der Waals surface area contributed by atoms with Crippen LogP contribution in [0.3, 0.4) is 0 Å². The molecule has 0 saturated carbocycles. The molecule has 2 aromatic rings. The lowest BCUT2D eigenvalue weighted by Crippen LogP contribution is -2.41. The zero-order valence-corrected chi connectivity index (χ0v) is 14.9. The second-order valence-electron chi connectivity index (χ2n) is 5.57. The highest BCUT2D eigenvalue weighted by Gasteiger charge is 2.15. The molecule has 0 aliphatic heterocycles. The first-order chi connectivity index (χ1) is 11.5. The molecule has 1 heterocycles. The van der Waals surface area contributed by atoms with Crippen LogP contribution < -0.4 is 17.0 Å². The molecule has 0 aliphatic carbocycles. The molecule has 2 N–H and O–H groups in total. The summed E-state index contributed by atoms with van der Waals surface area (Å²) in [5, 5.41) is 0. The maximum absolute atomic E-state index is 12.6. The number of rotatable bonds is 7. The van der Waals surface area contributed by atoms with E-state index in [1.54, 1.807) is 4.90 Å². The van der Waals surface area contributed by atoms with Crippen LogP contribution >= 0.6 is 12.4 Å². The van der Waals surface area contributed by atoms with E-state index in [0.717, 1.165) is 10.1 Å². The molecule has 1 aromatic carbocycles. The Hall–Kier alpha value is -2.38. The Morgan fingerprint density at radius 2 is 1.84 bits per heavy atom. The van der Waals surface area contributed by atoms with Gasteiger partial charge in [-0.15, -0.1) is 12.4 Å². The van der Waals surface area contributed by atoms with Gasteiger partial charge in [-0.25, -0.2) is 4.79 Å². The smallest absolute Gasteiger partial charge is 0.331 e. The van der Waals surface area contributed by atoms with E-state index in [-0.39, 0.29) is 24.9 Å². The third kappa shape index (κ3) is 5.58. The summed E-state index contributed by atoms with van der Waals surface area (Å²) in [5.74, 6) is -0.187. The number of halogens is 1. The number of nitrogens with zero attached hydrogens (tertiary/aromatic N) is 3. The van der Waals surface area contributed by atoms with E-state index in [2.05, 4.69) is 0 Å². The van der Waals surface area contributed by atoms with Crippen LogP contribution in [0.1, 0.15) is 12.0 Å². The molecule has 1 aromatic heterocycles. The third-order valence-electron chi connectivity index (χ3n) is 3.77. The van der Waals surface area contributed by atoms with Crippen LogP contribution in [0.5, 0.6) is 0 Å². The number of carbonyl (C=O) groups is 1. The third-order valence-corrected chi connectivity index (χ3v) is 3.77. The standard InChI is InChI=1S/C17H22N4O3.ClH/c1-19-15(22)8-11-21(17(19)24)13-16(23)20(10-5-9-18)12-14-6-3-2-4-7-14;/h2-4,6-8,11H,5,9-10,12-13,18H2,1H3;1H. The van der Waals surface area contributed by atoms with Gasteiger partial charge in [0.2, 0.25) is 5.91 Å². The number of carbonyl (C=O) groups excluding carboxylic acids is 1. The predicted octanol–water partition coefficient (Wildman–Crippen LogP) is 0.346. The molecular weight excluding hydrogens is 344 g/mol. The van der Waals surface area contributed by atoms with Gasteiger partial charge >= 0.3 is 5.69 Å². The van der Waals surface area contributed by atoms with Crippen molar-refractivity contribution in [3.05, 3.63) is 69.0 Å². The van der Waals surface area contributed by atoms with Gasteiger partial charge in [-0.3, -0.25) is 18.7 Å². The average molecular weight is 367 g/mol. The minimum atomic E-state index is -0.505. The predicted molar refractivity (Wildman–Crippen MR) is 98.7 cm³/mol. The fourth-order valence-corrected chi connectivity index (χ4v) is 2.36. The van der Waals surface area contributed by atoms with Crippen LogP contribution in [-0.4, -0.2) is 33.0 Å². The monoisotopic (exact) mass is 366 g/mol. The van der Waals surface area contributed by atoms with E-state index < -0.39 is 11.2 Å². The van der Waals surface area contributed by atoms with E-state index in [1.807, 2.05) is 30.3 Å².